The second-order valence-corrected chi connectivity index (χ2v) is 5.65. The van der Waals surface area contributed by atoms with Gasteiger partial charge in [0.05, 0.1) is 12.6 Å². The van der Waals surface area contributed by atoms with Crippen LogP contribution in [0.15, 0.2) is 30.3 Å². The van der Waals surface area contributed by atoms with E-state index in [1.165, 1.54) is 0 Å². The van der Waals surface area contributed by atoms with Crippen molar-refractivity contribution < 1.29 is 19.4 Å². The maximum Gasteiger partial charge on any atom is 0.314 e. The standard InChI is InChI=1S/C17H26N2O4/c20-16(14-7-11-22-12-8-14)6-9-18-17(21)19-10-13-23-15-4-2-1-3-5-15/h1-5,14,16,20H,6-13H2,(H2,18,19,21)/t16-/m1/s1. The van der Waals surface area contributed by atoms with Crippen molar-refractivity contribution in [3.05, 3.63) is 30.3 Å². The lowest BCUT2D eigenvalue weighted by molar-refractivity contribution is 0.00545. The molecule has 0 bridgehead atoms. The number of aliphatic hydroxyl groups is 1. The van der Waals surface area contributed by atoms with E-state index in [1.807, 2.05) is 30.3 Å². The molecule has 3 N–H and O–H groups in total. The maximum absolute atomic E-state index is 11.6. The highest BCUT2D eigenvalue weighted by atomic mass is 16.5. The Morgan fingerprint density at radius 2 is 1.91 bits per heavy atom. The molecule has 1 heterocycles. The van der Waals surface area contributed by atoms with Gasteiger partial charge < -0.3 is 25.2 Å². The minimum Gasteiger partial charge on any atom is -0.492 e. The minimum atomic E-state index is -0.374. The molecule has 1 saturated heterocycles. The number of hydrogen-bond acceptors (Lipinski definition) is 4. The van der Waals surface area contributed by atoms with Gasteiger partial charge in [0.25, 0.3) is 0 Å². The van der Waals surface area contributed by atoms with E-state index < -0.39 is 0 Å². The summed E-state index contributed by atoms with van der Waals surface area (Å²) in [7, 11) is 0. The second kappa shape index (κ2) is 10.1. The largest absolute Gasteiger partial charge is 0.492 e. The number of ether oxygens (including phenoxy) is 2. The summed E-state index contributed by atoms with van der Waals surface area (Å²) < 4.78 is 10.8. The Balaban J connectivity index is 1.49. The first kappa shape index (κ1) is 17.6. The molecule has 1 fully saturated rings. The SMILES string of the molecule is O=C(NCCOc1ccccc1)NCC[C@@H](O)C1CCOCC1. The number of nitrogens with one attached hydrogen (secondary N) is 2. The van der Waals surface area contributed by atoms with Crippen LogP contribution in [0.3, 0.4) is 0 Å². The van der Waals surface area contributed by atoms with Gasteiger partial charge in [-0.1, -0.05) is 18.2 Å². The van der Waals surface area contributed by atoms with Gasteiger partial charge >= 0.3 is 6.03 Å². The van der Waals surface area contributed by atoms with Gasteiger partial charge in [-0.3, -0.25) is 0 Å². The Morgan fingerprint density at radius 3 is 2.65 bits per heavy atom. The smallest absolute Gasteiger partial charge is 0.314 e. The second-order valence-electron chi connectivity index (χ2n) is 5.65. The molecule has 2 rings (SSSR count). The van der Waals surface area contributed by atoms with Crippen molar-refractivity contribution in [2.24, 2.45) is 5.92 Å². The third-order valence-electron chi connectivity index (χ3n) is 3.94. The summed E-state index contributed by atoms with van der Waals surface area (Å²) in [6, 6.07) is 9.24. The summed E-state index contributed by atoms with van der Waals surface area (Å²) in [6.45, 7) is 2.75. The highest BCUT2D eigenvalue weighted by molar-refractivity contribution is 5.73. The maximum atomic E-state index is 11.6. The van der Waals surface area contributed by atoms with Crippen molar-refractivity contribution in [1.29, 1.82) is 0 Å². The molecule has 1 aliphatic rings. The van der Waals surface area contributed by atoms with Crippen LogP contribution < -0.4 is 15.4 Å². The fourth-order valence-corrected chi connectivity index (χ4v) is 2.58. The quantitative estimate of drug-likeness (QED) is 0.634. The van der Waals surface area contributed by atoms with Crippen LogP contribution in [0.4, 0.5) is 4.79 Å². The van der Waals surface area contributed by atoms with E-state index in [1.54, 1.807) is 0 Å². The van der Waals surface area contributed by atoms with E-state index >= 15 is 0 Å². The minimum absolute atomic E-state index is 0.235. The molecule has 0 saturated carbocycles. The number of para-hydroxylation sites is 1. The predicted molar refractivity (Wildman–Crippen MR) is 87.5 cm³/mol. The zero-order chi connectivity index (χ0) is 16.3. The number of benzene rings is 1. The third kappa shape index (κ3) is 6.88. The lowest BCUT2D eigenvalue weighted by Crippen LogP contribution is -2.39. The van der Waals surface area contributed by atoms with Gasteiger partial charge in [0.2, 0.25) is 0 Å². The molecule has 0 spiro atoms. The van der Waals surface area contributed by atoms with Crippen LogP contribution >= 0.6 is 0 Å². The molecule has 1 aliphatic heterocycles. The lowest BCUT2D eigenvalue weighted by atomic mass is 9.92. The van der Waals surface area contributed by atoms with Gasteiger partial charge in [-0.25, -0.2) is 4.79 Å². The Bertz CT molecular complexity index is 449. The van der Waals surface area contributed by atoms with E-state index in [4.69, 9.17) is 9.47 Å². The molecule has 128 valence electrons. The van der Waals surface area contributed by atoms with Crippen LogP contribution in [0.25, 0.3) is 0 Å². The fraction of sp³-hybridized carbons (Fsp3) is 0.588. The zero-order valence-corrected chi connectivity index (χ0v) is 13.4. The first-order valence-corrected chi connectivity index (χ1v) is 8.21. The van der Waals surface area contributed by atoms with Gasteiger partial charge in [-0.05, 0) is 37.3 Å². The molecular weight excluding hydrogens is 296 g/mol. The number of aliphatic hydroxyl groups excluding tert-OH is 1. The number of urea groups is 1. The Morgan fingerprint density at radius 1 is 1.22 bits per heavy atom. The van der Waals surface area contributed by atoms with E-state index in [0.29, 0.717) is 26.1 Å². The summed E-state index contributed by atoms with van der Waals surface area (Å²) in [5, 5.41) is 15.6. The Labute approximate surface area is 137 Å². The van der Waals surface area contributed by atoms with Gasteiger partial charge in [0.15, 0.2) is 0 Å². The molecule has 1 atom stereocenters. The van der Waals surface area contributed by atoms with Crippen LogP contribution in [-0.2, 0) is 4.74 Å². The van der Waals surface area contributed by atoms with E-state index in [2.05, 4.69) is 10.6 Å². The highest BCUT2D eigenvalue weighted by Gasteiger charge is 2.21. The van der Waals surface area contributed by atoms with Crippen LogP contribution in [0.1, 0.15) is 19.3 Å². The van der Waals surface area contributed by atoms with Crippen molar-refractivity contribution in [1.82, 2.24) is 10.6 Å². The molecule has 1 aromatic rings. The van der Waals surface area contributed by atoms with Gasteiger partial charge in [0.1, 0.15) is 12.4 Å². The Kier molecular flexibility index (Phi) is 7.69. The van der Waals surface area contributed by atoms with Gasteiger partial charge in [-0.15, -0.1) is 0 Å². The average Bonchev–Trinajstić information content (AvgIpc) is 2.60. The Hall–Kier alpha value is -1.79. The monoisotopic (exact) mass is 322 g/mol. The molecule has 0 radical (unpaired) electrons. The predicted octanol–water partition coefficient (Wildman–Crippen LogP) is 1.54. The summed E-state index contributed by atoms with van der Waals surface area (Å²) in [6.07, 6.45) is 1.98. The van der Waals surface area contributed by atoms with Crippen molar-refractivity contribution in [2.45, 2.75) is 25.4 Å². The molecule has 0 aromatic heterocycles. The summed E-state index contributed by atoms with van der Waals surface area (Å²) in [4.78, 5) is 11.6. The van der Waals surface area contributed by atoms with Crippen molar-refractivity contribution in [3.8, 4) is 5.75 Å². The van der Waals surface area contributed by atoms with Crippen molar-refractivity contribution >= 4 is 6.03 Å². The number of amides is 2. The number of carbonyl (C=O) groups is 1. The van der Waals surface area contributed by atoms with Gasteiger partial charge in [-0.2, -0.15) is 0 Å². The molecule has 6 nitrogen and oxygen atoms in total. The third-order valence-corrected chi connectivity index (χ3v) is 3.94. The number of rotatable bonds is 8. The lowest BCUT2D eigenvalue weighted by Gasteiger charge is -2.26. The number of hydrogen-bond donors (Lipinski definition) is 3. The zero-order valence-electron chi connectivity index (χ0n) is 13.4. The van der Waals surface area contributed by atoms with E-state index in [0.717, 1.165) is 31.8 Å². The average molecular weight is 322 g/mol. The molecule has 1 aromatic carbocycles. The number of carbonyl (C=O) groups excluding carboxylic acids is 1. The van der Waals surface area contributed by atoms with Gasteiger partial charge in [0, 0.05) is 19.8 Å². The van der Waals surface area contributed by atoms with Crippen molar-refractivity contribution in [3.63, 3.8) is 0 Å². The summed E-state index contributed by atoms with van der Waals surface area (Å²) >= 11 is 0. The molecular formula is C17H26N2O4. The molecule has 0 aliphatic carbocycles. The molecule has 23 heavy (non-hydrogen) atoms. The molecule has 0 unspecified atom stereocenters. The van der Waals surface area contributed by atoms with Crippen LogP contribution in [-0.4, -0.2) is 50.2 Å². The van der Waals surface area contributed by atoms with Crippen molar-refractivity contribution in [2.75, 3.05) is 32.9 Å². The van der Waals surface area contributed by atoms with E-state index in [-0.39, 0.29) is 18.1 Å². The first-order valence-electron chi connectivity index (χ1n) is 8.21. The summed E-state index contributed by atoms with van der Waals surface area (Å²) in [5.74, 6) is 1.07. The fourth-order valence-electron chi connectivity index (χ4n) is 2.58. The molecule has 6 heteroatoms. The highest BCUT2D eigenvalue weighted by Crippen LogP contribution is 2.20. The van der Waals surface area contributed by atoms with Crippen LogP contribution in [0.2, 0.25) is 0 Å². The molecule has 2 amide bonds. The van der Waals surface area contributed by atoms with E-state index in [9.17, 15) is 9.90 Å². The first-order chi connectivity index (χ1) is 11.3. The normalized spacial score (nSPS) is 16.6. The summed E-state index contributed by atoms with van der Waals surface area (Å²) in [5.41, 5.74) is 0. The topological polar surface area (TPSA) is 79.8 Å². The van der Waals surface area contributed by atoms with Crippen LogP contribution in [0.5, 0.6) is 5.75 Å². The van der Waals surface area contributed by atoms with Crippen LogP contribution in [0, 0.1) is 5.92 Å².